The summed E-state index contributed by atoms with van der Waals surface area (Å²) in [5.41, 5.74) is 1.21. The summed E-state index contributed by atoms with van der Waals surface area (Å²) in [4.78, 5) is 8.87. The summed E-state index contributed by atoms with van der Waals surface area (Å²) in [6, 6.07) is 4.09. The van der Waals surface area contributed by atoms with Crippen molar-refractivity contribution in [3.63, 3.8) is 0 Å². The van der Waals surface area contributed by atoms with E-state index in [1.165, 1.54) is 15.6 Å². The first-order chi connectivity index (χ1) is 7.38. The highest BCUT2D eigenvalue weighted by Crippen LogP contribution is 2.12. The van der Waals surface area contributed by atoms with Gasteiger partial charge in [-0.3, -0.25) is 0 Å². The van der Waals surface area contributed by atoms with Crippen molar-refractivity contribution in [2.24, 2.45) is 0 Å². The summed E-state index contributed by atoms with van der Waals surface area (Å²) in [5.74, 6) is 0. The van der Waals surface area contributed by atoms with Gasteiger partial charge in [-0.1, -0.05) is 6.92 Å². The van der Waals surface area contributed by atoms with Crippen LogP contribution in [-0.2, 0) is 19.5 Å². The molecule has 2 heterocycles. The fourth-order valence-electron chi connectivity index (χ4n) is 1.37. The number of aromatic amines is 1. The molecule has 0 aliphatic rings. The van der Waals surface area contributed by atoms with Crippen molar-refractivity contribution >= 4 is 11.3 Å². The van der Waals surface area contributed by atoms with Crippen LogP contribution in [0, 0.1) is 0 Å². The molecule has 0 radical (unpaired) electrons. The molecule has 0 saturated heterocycles. The van der Waals surface area contributed by atoms with Gasteiger partial charge in [0.2, 0.25) is 0 Å². The Labute approximate surface area is 93.6 Å². The van der Waals surface area contributed by atoms with E-state index < -0.39 is 0 Å². The van der Waals surface area contributed by atoms with E-state index in [1.54, 1.807) is 11.3 Å². The molecule has 0 aliphatic carbocycles. The first-order valence-corrected chi connectivity index (χ1v) is 5.96. The minimum absolute atomic E-state index is 0.851. The number of H-pyrrole nitrogens is 1. The zero-order chi connectivity index (χ0) is 10.5. The molecule has 0 fully saturated rings. The fraction of sp³-hybridized carbons (Fsp3) is 0.364. The summed E-state index contributed by atoms with van der Waals surface area (Å²) < 4.78 is 0. The molecular formula is C11H15N3S. The predicted octanol–water partition coefficient (Wildman–Crippen LogP) is 2.32. The predicted molar refractivity (Wildman–Crippen MR) is 62.8 cm³/mol. The highest BCUT2D eigenvalue weighted by molar-refractivity contribution is 7.11. The van der Waals surface area contributed by atoms with Crippen LogP contribution in [0.5, 0.6) is 0 Å². The highest BCUT2D eigenvalue weighted by atomic mass is 32.1. The second-order valence-electron chi connectivity index (χ2n) is 3.37. The van der Waals surface area contributed by atoms with Crippen molar-refractivity contribution in [2.45, 2.75) is 26.4 Å². The number of thiazole rings is 1. The van der Waals surface area contributed by atoms with Crippen molar-refractivity contribution in [1.29, 1.82) is 0 Å². The summed E-state index contributed by atoms with van der Waals surface area (Å²) in [6.07, 6.45) is 4.99. The second-order valence-corrected chi connectivity index (χ2v) is 4.57. The molecule has 80 valence electrons. The third kappa shape index (κ3) is 2.91. The summed E-state index contributed by atoms with van der Waals surface area (Å²) in [5, 5.41) is 4.52. The number of aromatic nitrogens is 2. The van der Waals surface area contributed by atoms with Crippen LogP contribution in [0.1, 0.15) is 22.5 Å². The SMILES string of the molecule is CCc1cnc(CNCc2ccc[nH]2)s1. The van der Waals surface area contributed by atoms with Gasteiger partial charge in [0.1, 0.15) is 5.01 Å². The maximum absolute atomic E-state index is 4.35. The van der Waals surface area contributed by atoms with Crippen LogP contribution in [0.3, 0.4) is 0 Å². The quantitative estimate of drug-likeness (QED) is 0.813. The molecule has 4 heteroatoms. The van der Waals surface area contributed by atoms with Gasteiger partial charge in [-0.05, 0) is 18.6 Å². The van der Waals surface area contributed by atoms with E-state index in [0.29, 0.717) is 0 Å². The van der Waals surface area contributed by atoms with Gasteiger partial charge in [-0.25, -0.2) is 4.98 Å². The van der Waals surface area contributed by atoms with E-state index >= 15 is 0 Å². The molecule has 0 saturated carbocycles. The number of rotatable bonds is 5. The third-order valence-corrected chi connectivity index (χ3v) is 3.35. The van der Waals surface area contributed by atoms with Gasteiger partial charge in [0, 0.05) is 36.1 Å². The van der Waals surface area contributed by atoms with Gasteiger partial charge < -0.3 is 10.3 Å². The van der Waals surface area contributed by atoms with E-state index in [0.717, 1.165) is 19.5 Å². The van der Waals surface area contributed by atoms with Crippen LogP contribution in [0.4, 0.5) is 0 Å². The van der Waals surface area contributed by atoms with Gasteiger partial charge in [0.05, 0.1) is 0 Å². The van der Waals surface area contributed by atoms with Crippen molar-refractivity contribution < 1.29 is 0 Å². The summed E-state index contributed by atoms with van der Waals surface area (Å²) >= 11 is 1.79. The molecule has 0 aliphatic heterocycles. The molecule has 3 nitrogen and oxygen atoms in total. The average Bonchev–Trinajstić information content (AvgIpc) is 2.88. The number of hydrogen-bond acceptors (Lipinski definition) is 3. The zero-order valence-electron chi connectivity index (χ0n) is 8.79. The van der Waals surface area contributed by atoms with Crippen LogP contribution < -0.4 is 5.32 Å². The Hall–Kier alpha value is -1.13. The lowest BCUT2D eigenvalue weighted by Crippen LogP contribution is -2.12. The third-order valence-electron chi connectivity index (χ3n) is 2.20. The zero-order valence-corrected chi connectivity index (χ0v) is 9.60. The molecule has 2 rings (SSSR count). The molecule has 0 bridgehead atoms. The maximum atomic E-state index is 4.35. The maximum Gasteiger partial charge on any atom is 0.107 e. The number of nitrogens with one attached hydrogen (secondary N) is 2. The van der Waals surface area contributed by atoms with E-state index in [-0.39, 0.29) is 0 Å². The molecule has 15 heavy (non-hydrogen) atoms. The Morgan fingerprint density at radius 3 is 3.07 bits per heavy atom. The van der Waals surface area contributed by atoms with Crippen LogP contribution >= 0.6 is 11.3 Å². The van der Waals surface area contributed by atoms with Gasteiger partial charge >= 0.3 is 0 Å². The number of nitrogens with zero attached hydrogens (tertiary/aromatic N) is 1. The van der Waals surface area contributed by atoms with Crippen molar-refractivity contribution in [2.75, 3.05) is 0 Å². The molecule has 0 spiro atoms. The van der Waals surface area contributed by atoms with Crippen molar-refractivity contribution in [1.82, 2.24) is 15.3 Å². The van der Waals surface area contributed by atoms with Crippen LogP contribution in [0.15, 0.2) is 24.5 Å². The lowest BCUT2D eigenvalue weighted by Gasteiger charge is -1.99. The normalized spacial score (nSPS) is 10.7. The lowest BCUT2D eigenvalue weighted by atomic mass is 10.4. The largest absolute Gasteiger partial charge is 0.364 e. The first-order valence-electron chi connectivity index (χ1n) is 5.15. The number of aryl methyl sites for hydroxylation is 1. The molecule has 0 amide bonds. The molecule has 0 aromatic carbocycles. The molecule has 2 aromatic rings. The Morgan fingerprint density at radius 1 is 1.47 bits per heavy atom. The lowest BCUT2D eigenvalue weighted by molar-refractivity contribution is 0.679. The fourth-order valence-corrected chi connectivity index (χ4v) is 2.21. The highest BCUT2D eigenvalue weighted by Gasteiger charge is 1.99. The molecule has 0 unspecified atom stereocenters. The van der Waals surface area contributed by atoms with Crippen LogP contribution in [0.2, 0.25) is 0 Å². The van der Waals surface area contributed by atoms with Gasteiger partial charge in [-0.2, -0.15) is 0 Å². The minimum Gasteiger partial charge on any atom is -0.364 e. The van der Waals surface area contributed by atoms with Crippen molar-refractivity contribution in [3.8, 4) is 0 Å². The monoisotopic (exact) mass is 221 g/mol. The summed E-state index contributed by atoms with van der Waals surface area (Å²) in [6.45, 7) is 3.88. The van der Waals surface area contributed by atoms with E-state index in [1.807, 2.05) is 18.5 Å². The van der Waals surface area contributed by atoms with E-state index in [9.17, 15) is 0 Å². The molecule has 2 aromatic heterocycles. The molecular weight excluding hydrogens is 206 g/mol. The van der Waals surface area contributed by atoms with E-state index in [2.05, 4.69) is 28.3 Å². The first kappa shape index (κ1) is 10.4. The van der Waals surface area contributed by atoms with E-state index in [4.69, 9.17) is 0 Å². The topological polar surface area (TPSA) is 40.7 Å². The molecule has 2 N–H and O–H groups in total. The van der Waals surface area contributed by atoms with Crippen LogP contribution in [0.25, 0.3) is 0 Å². The average molecular weight is 221 g/mol. The van der Waals surface area contributed by atoms with Gasteiger partial charge in [0.25, 0.3) is 0 Å². The Kier molecular flexibility index (Phi) is 3.53. The molecule has 0 atom stereocenters. The standard InChI is InChI=1S/C11H15N3S/c1-2-10-7-14-11(15-10)8-12-6-9-4-3-5-13-9/h3-5,7,12-13H,2,6,8H2,1H3. The second kappa shape index (κ2) is 5.09. The van der Waals surface area contributed by atoms with Crippen LogP contribution in [-0.4, -0.2) is 9.97 Å². The summed E-state index contributed by atoms with van der Waals surface area (Å²) in [7, 11) is 0. The Morgan fingerprint density at radius 2 is 2.40 bits per heavy atom. The number of hydrogen-bond donors (Lipinski definition) is 2. The smallest absolute Gasteiger partial charge is 0.107 e. The Balaban J connectivity index is 1.78. The Bertz CT molecular complexity index is 392. The van der Waals surface area contributed by atoms with Crippen molar-refractivity contribution in [3.05, 3.63) is 40.1 Å². The van der Waals surface area contributed by atoms with Gasteiger partial charge in [-0.15, -0.1) is 11.3 Å². The van der Waals surface area contributed by atoms with Gasteiger partial charge in [0.15, 0.2) is 0 Å². The minimum atomic E-state index is 0.851.